The summed E-state index contributed by atoms with van der Waals surface area (Å²) in [5, 5.41) is 11.0. The summed E-state index contributed by atoms with van der Waals surface area (Å²) in [7, 11) is 3.24. The molecule has 0 amide bonds. The molecule has 0 bridgehead atoms. The van der Waals surface area contributed by atoms with Gasteiger partial charge in [0, 0.05) is 21.7 Å². The average Bonchev–Trinajstić information content (AvgIpc) is 3.35. The number of nitrogens with zero attached hydrogens (tertiary/aromatic N) is 1. The summed E-state index contributed by atoms with van der Waals surface area (Å²) >= 11 is 1.70. The van der Waals surface area contributed by atoms with E-state index in [0.29, 0.717) is 17.9 Å². The lowest BCUT2D eigenvalue weighted by Gasteiger charge is -2.32. The molecule has 2 unspecified atom stereocenters. The highest BCUT2D eigenvalue weighted by molar-refractivity contribution is 7.19. The Bertz CT molecular complexity index is 966. The third kappa shape index (κ3) is 3.23. The molecule has 1 aromatic heterocycles. The summed E-state index contributed by atoms with van der Waals surface area (Å²) in [4.78, 5) is 15.1. The lowest BCUT2D eigenvalue weighted by Crippen LogP contribution is -2.39. The fourth-order valence-corrected chi connectivity index (χ4v) is 5.33. The molecule has 0 saturated carbocycles. The van der Waals surface area contributed by atoms with Gasteiger partial charge in [-0.3, -0.25) is 9.69 Å². The first-order chi connectivity index (χ1) is 13.6. The Morgan fingerprint density at radius 1 is 1.18 bits per heavy atom. The minimum absolute atomic E-state index is 0.203. The van der Waals surface area contributed by atoms with E-state index in [1.165, 1.54) is 10.1 Å². The first-order valence-electron chi connectivity index (χ1n) is 9.32. The van der Waals surface area contributed by atoms with Crippen molar-refractivity contribution in [2.45, 2.75) is 24.9 Å². The highest BCUT2D eigenvalue weighted by Crippen LogP contribution is 2.45. The number of carboxylic acids is 1. The number of aliphatic carboxylic acids is 1. The van der Waals surface area contributed by atoms with Gasteiger partial charge in [0.25, 0.3) is 0 Å². The second kappa shape index (κ2) is 7.81. The van der Waals surface area contributed by atoms with Gasteiger partial charge in [0.15, 0.2) is 11.5 Å². The topological polar surface area (TPSA) is 59.0 Å². The Kier molecular flexibility index (Phi) is 5.24. The van der Waals surface area contributed by atoms with Crippen molar-refractivity contribution in [2.24, 2.45) is 0 Å². The first kappa shape index (κ1) is 18.8. The fraction of sp³-hybridized carbons (Fsp3) is 0.318. The van der Waals surface area contributed by atoms with Crippen LogP contribution in [-0.2, 0) is 4.79 Å². The fourth-order valence-electron chi connectivity index (χ4n) is 4.12. The van der Waals surface area contributed by atoms with Crippen LogP contribution in [-0.4, -0.2) is 42.8 Å². The quantitative estimate of drug-likeness (QED) is 0.661. The van der Waals surface area contributed by atoms with E-state index in [4.69, 9.17) is 9.47 Å². The van der Waals surface area contributed by atoms with Crippen LogP contribution in [0.15, 0.2) is 48.5 Å². The van der Waals surface area contributed by atoms with Crippen molar-refractivity contribution in [3.63, 3.8) is 0 Å². The number of fused-ring (bicyclic) bond motifs is 1. The van der Waals surface area contributed by atoms with Crippen LogP contribution in [0.5, 0.6) is 11.5 Å². The molecule has 0 aliphatic carbocycles. The van der Waals surface area contributed by atoms with Gasteiger partial charge in [0.2, 0.25) is 0 Å². The summed E-state index contributed by atoms with van der Waals surface area (Å²) in [5.41, 5.74) is 0.932. The molecule has 6 heteroatoms. The second-order valence-corrected chi connectivity index (χ2v) is 8.02. The van der Waals surface area contributed by atoms with Gasteiger partial charge in [-0.2, -0.15) is 0 Å². The zero-order valence-electron chi connectivity index (χ0n) is 15.9. The van der Waals surface area contributed by atoms with Crippen LogP contribution in [0.25, 0.3) is 10.1 Å². The zero-order chi connectivity index (χ0) is 19.7. The molecule has 0 radical (unpaired) electrons. The van der Waals surface area contributed by atoms with Gasteiger partial charge in [0.1, 0.15) is 6.04 Å². The summed E-state index contributed by atoms with van der Waals surface area (Å²) in [6.45, 7) is 0.732. The second-order valence-electron chi connectivity index (χ2n) is 6.91. The molecular formula is C22H23NO4S. The van der Waals surface area contributed by atoms with Crippen LogP contribution >= 0.6 is 11.3 Å². The predicted molar refractivity (Wildman–Crippen MR) is 111 cm³/mol. The summed E-state index contributed by atoms with van der Waals surface area (Å²) in [5.74, 6) is 0.533. The van der Waals surface area contributed by atoms with Crippen LogP contribution in [0.3, 0.4) is 0 Å². The van der Waals surface area contributed by atoms with Crippen LogP contribution in [0.2, 0.25) is 0 Å². The number of thiophene rings is 1. The monoisotopic (exact) mass is 397 g/mol. The summed E-state index contributed by atoms with van der Waals surface area (Å²) in [6.07, 6.45) is 1.52. The standard InChI is InChI=1S/C22H23NO4S/c1-26-17-10-5-8-15(21(17)27-2)20(23-12-6-9-16(23)22(24)25)19-13-14-7-3-4-11-18(14)28-19/h3-5,7-8,10-11,13,16,20H,6,9,12H2,1-2H3,(H,24,25). The Balaban J connectivity index is 1.91. The maximum absolute atomic E-state index is 11.9. The maximum atomic E-state index is 11.9. The van der Waals surface area contributed by atoms with Gasteiger partial charge in [-0.1, -0.05) is 30.3 Å². The number of likely N-dealkylation sites (tertiary alicyclic amines) is 1. The lowest BCUT2D eigenvalue weighted by molar-refractivity contribution is -0.142. The van der Waals surface area contributed by atoms with Crippen LogP contribution in [0, 0.1) is 0 Å². The lowest BCUT2D eigenvalue weighted by atomic mass is 10.00. The largest absolute Gasteiger partial charge is 0.493 e. The molecule has 4 rings (SSSR count). The SMILES string of the molecule is COc1cccc(C(c2cc3ccccc3s2)N2CCCC2C(=O)O)c1OC. The van der Waals surface area contributed by atoms with Gasteiger partial charge >= 0.3 is 5.97 Å². The number of carboxylic acid groups (broad SMARTS) is 1. The van der Waals surface area contributed by atoms with Crippen molar-refractivity contribution in [2.75, 3.05) is 20.8 Å². The van der Waals surface area contributed by atoms with E-state index in [-0.39, 0.29) is 6.04 Å². The highest BCUT2D eigenvalue weighted by atomic mass is 32.1. The Morgan fingerprint density at radius 3 is 2.71 bits per heavy atom. The summed E-state index contributed by atoms with van der Waals surface area (Å²) in [6, 6.07) is 15.5. The van der Waals surface area contributed by atoms with Crippen molar-refractivity contribution < 1.29 is 19.4 Å². The van der Waals surface area contributed by atoms with Crippen molar-refractivity contribution in [1.82, 2.24) is 4.90 Å². The molecular weight excluding hydrogens is 374 g/mol. The predicted octanol–water partition coefficient (Wildman–Crippen LogP) is 4.56. The summed E-state index contributed by atoms with van der Waals surface area (Å²) < 4.78 is 12.4. The van der Waals surface area contributed by atoms with Gasteiger partial charge < -0.3 is 14.6 Å². The van der Waals surface area contributed by atoms with Gasteiger partial charge in [-0.25, -0.2) is 0 Å². The van der Waals surface area contributed by atoms with Crippen LogP contribution in [0.4, 0.5) is 0 Å². The minimum atomic E-state index is -0.773. The first-order valence-corrected chi connectivity index (χ1v) is 10.1. The third-order valence-electron chi connectivity index (χ3n) is 5.35. The van der Waals surface area contributed by atoms with Gasteiger partial charge in [-0.15, -0.1) is 11.3 Å². The Labute approximate surface area is 168 Å². The van der Waals surface area contributed by atoms with E-state index < -0.39 is 12.0 Å². The van der Waals surface area contributed by atoms with E-state index in [2.05, 4.69) is 23.1 Å². The molecule has 5 nitrogen and oxygen atoms in total. The molecule has 2 aromatic carbocycles. The zero-order valence-corrected chi connectivity index (χ0v) is 16.7. The molecule has 0 spiro atoms. The van der Waals surface area contributed by atoms with Crippen LogP contribution in [0.1, 0.15) is 29.3 Å². The number of para-hydroxylation sites is 1. The van der Waals surface area contributed by atoms with Crippen molar-refractivity contribution in [1.29, 1.82) is 0 Å². The third-order valence-corrected chi connectivity index (χ3v) is 6.52. The number of benzene rings is 2. The molecule has 1 aliphatic heterocycles. The minimum Gasteiger partial charge on any atom is -0.493 e. The Hall–Kier alpha value is -2.57. The molecule has 2 heterocycles. The van der Waals surface area contributed by atoms with Gasteiger partial charge in [-0.05, 0) is 36.4 Å². The molecule has 1 N–H and O–H groups in total. The molecule has 28 heavy (non-hydrogen) atoms. The molecule has 1 saturated heterocycles. The maximum Gasteiger partial charge on any atom is 0.320 e. The van der Waals surface area contributed by atoms with Crippen molar-refractivity contribution in [3.05, 3.63) is 59.0 Å². The van der Waals surface area contributed by atoms with Gasteiger partial charge in [0.05, 0.1) is 20.3 Å². The number of ether oxygens (including phenoxy) is 2. The molecule has 3 aromatic rings. The van der Waals surface area contributed by atoms with E-state index >= 15 is 0 Å². The van der Waals surface area contributed by atoms with E-state index in [0.717, 1.165) is 23.4 Å². The number of rotatable bonds is 6. The van der Waals surface area contributed by atoms with Crippen molar-refractivity contribution in [3.8, 4) is 11.5 Å². The number of hydrogen-bond donors (Lipinski definition) is 1. The molecule has 146 valence electrons. The number of carbonyl (C=O) groups is 1. The van der Waals surface area contributed by atoms with E-state index in [9.17, 15) is 9.90 Å². The van der Waals surface area contributed by atoms with Crippen molar-refractivity contribution >= 4 is 27.4 Å². The van der Waals surface area contributed by atoms with E-state index in [1.807, 2.05) is 30.3 Å². The molecule has 1 aliphatic rings. The van der Waals surface area contributed by atoms with Crippen LogP contribution < -0.4 is 9.47 Å². The molecule has 2 atom stereocenters. The normalized spacial score (nSPS) is 18.3. The number of hydrogen-bond acceptors (Lipinski definition) is 5. The average molecular weight is 397 g/mol. The van der Waals surface area contributed by atoms with E-state index in [1.54, 1.807) is 25.6 Å². The molecule has 1 fully saturated rings. The Morgan fingerprint density at radius 2 is 2.00 bits per heavy atom. The number of methoxy groups -OCH3 is 2. The highest BCUT2D eigenvalue weighted by Gasteiger charge is 2.39. The smallest absolute Gasteiger partial charge is 0.320 e.